The number of anilines is 2. The third kappa shape index (κ3) is 4.50. The van der Waals surface area contributed by atoms with Crippen LogP contribution in [0.25, 0.3) is 10.9 Å². The van der Waals surface area contributed by atoms with Crippen molar-refractivity contribution < 1.29 is 28.5 Å². The van der Waals surface area contributed by atoms with Crippen LogP contribution in [0.4, 0.5) is 11.5 Å². The highest BCUT2D eigenvalue weighted by Gasteiger charge is 2.50. The Bertz CT molecular complexity index is 1240. The summed E-state index contributed by atoms with van der Waals surface area (Å²) in [5.41, 5.74) is 1.44. The van der Waals surface area contributed by atoms with E-state index in [0.29, 0.717) is 34.5 Å². The zero-order valence-corrected chi connectivity index (χ0v) is 20.6. The van der Waals surface area contributed by atoms with Gasteiger partial charge in [-0.05, 0) is 40.2 Å². The lowest BCUT2D eigenvalue weighted by molar-refractivity contribution is -0.150. The lowest BCUT2D eigenvalue weighted by Gasteiger charge is -2.20. The molecule has 0 unspecified atom stereocenters. The van der Waals surface area contributed by atoms with Gasteiger partial charge in [-0.2, -0.15) is 0 Å². The second-order valence-electron chi connectivity index (χ2n) is 7.90. The SMILES string of the molecule is COc1cc2c(Nc3ccc(Br)c(Cl)c3)ncnc2cc1O[C@@H]1CO[C@@H]2[C@H]1OC[C@H]2OC(C)=O. The summed E-state index contributed by atoms with van der Waals surface area (Å²) in [6, 6.07) is 9.16. The summed E-state index contributed by atoms with van der Waals surface area (Å²) in [5.74, 6) is 1.24. The number of fused-ring (bicyclic) bond motifs is 2. The Kier molecular flexibility index (Phi) is 6.48. The van der Waals surface area contributed by atoms with E-state index in [0.717, 1.165) is 15.5 Å². The predicted octanol–water partition coefficient (Wildman–Crippen LogP) is 4.27. The van der Waals surface area contributed by atoms with Crippen LogP contribution in [0.2, 0.25) is 5.02 Å². The molecule has 4 atom stereocenters. The van der Waals surface area contributed by atoms with E-state index >= 15 is 0 Å². The van der Waals surface area contributed by atoms with Gasteiger partial charge in [-0.3, -0.25) is 4.79 Å². The highest BCUT2D eigenvalue weighted by molar-refractivity contribution is 9.10. The van der Waals surface area contributed by atoms with Crippen molar-refractivity contribution in [2.45, 2.75) is 31.3 Å². The molecule has 0 amide bonds. The topological polar surface area (TPSA) is 101 Å². The Morgan fingerprint density at radius 2 is 1.88 bits per heavy atom. The molecule has 0 saturated carbocycles. The standard InChI is InChI=1S/C23H21BrClN3O6/c1-11(29)33-19-8-31-22-20(9-32-21(19)22)34-18-7-16-13(6-17(18)30-2)23(27-10-26-16)28-12-3-4-14(24)15(25)5-12/h3-7,10,19-22H,8-9H2,1-2H3,(H,26,27,28)/t19-,20-,21+,22+/m1/s1. The van der Waals surface area contributed by atoms with E-state index in [9.17, 15) is 4.79 Å². The highest BCUT2D eigenvalue weighted by atomic mass is 79.9. The van der Waals surface area contributed by atoms with Gasteiger partial charge < -0.3 is 29.0 Å². The second-order valence-corrected chi connectivity index (χ2v) is 9.16. The van der Waals surface area contributed by atoms with E-state index in [1.54, 1.807) is 19.2 Å². The number of nitrogens with one attached hydrogen (secondary N) is 1. The van der Waals surface area contributed by atoms with Crippen LogP contribution in [-0.2, 0) is 19.0 Å². The number of esters is 1. The molecule has 1 N–H and O–H groups in total. The number of rotatable bonds is 6. The van der Waals surface area contributed by atoms with Crippen molar-refractivity contribution in [2.24, 2.45) is 0 Å². The van der Waals surface area contributed by atoms with Gasteiger partial charge in [0.1, 0.15) is 24.4 Å². The number of carbonyl (C=O) groups is 1. The van der Waals surface area contributed by atoms with Gasteiger partial charge in [-0.1, -0.05) is 11.6 Å². The molecule has 0 bridgehead atoms. The Morgan fingerprint density at radius 1 is 1.12 bits per heavy atom. The van der Waals surface area contributed by atoms with E-state index in [1.165, 1.54) is 13.3 Å². The van der Waals surface area contributed by atoms with E-state index in [-0.39, 0.29) is 30.9 Å². The minimum absolute atomic E-state index is 0.270. The van der Waals surface area contributed by atoms with Crippen LogP contribution < -0.4 is 14.8 Å². The van der Waals surface area contributed by atoms with Crippen molar-refractivity contribution in [3.8, 4) is 11.5 Å². The molecule has 0 spiro atoms. The molecule has 2 saturated heterocycles. The Hall–Kier alpha value is -2.66. The number of hydrogen-bond donors (Lipinski definition) is 1. The zero-order valence-electron chi connectivity index (χ0n) is 18.3. The first-order chi connectivity index (χ1) is 16.4. The molecule has 34 heavy (non-hydrogen) atoms. The van der Waals surface area contributed by atoms with Crippen molar-refractivity contribution in [3.63, 3.8) is 0 Å². The van der Waals surface area contributed by atoms with Gasteiger partial charge in [0.15, 0.2) is 23.7 Å². The van der Waals surface area contributed by atoms with E-state index in [4.69, 9.17) is 35.3 Å². The maximum atomic E-state index is 11.3. The summed E-state index contributed by atoms with van der Waals surface area (Å²) in [6.07, 6.45) is -0.0741. The summed E-state index contributed by atoms with van der Waals surface area (Å²) in [5, 5.41) is 4.61. The molecule has 9 nitrogen and oxygen atoms in total. The van der Waals surface area contributed by atoms with Crippen molar-refractivity contribution >= 4 is 55.9 Å². The molecule has 2 aliphatic heterocycles. The molecule has 2 aliphatic rings. The number of ether oxygens (including phenoxy) is 5. The first kappa shape index (κ1) is 23.1. The maximum absolute atomic E-state index is 11.3. The molecular weight excluding hydrogens is 530 g/mol. The van der Waals surface area contributed by atoms with Gasteiger partial charge in [0.2, 0.25) is 0 Å². The molecule has 0 aliphatic carbocycles. The predicted molar refractivity (Wildman–Crippen MR) is 128 cm³/mol. The Morgan fingerprint density at radius 3 is 2.62 bits per heavy atom. The van der Waals surface area contributed by atoms with E-state index in [2.05, 4.69) is 31.2 Å². The fourth-order valence-corrected chi connectivity index (χ4v) is 4.56. The van der Waals surface area contributed by atoms with Gasteiger partial charge in [0.25, 0.3) is 0 Å². The van der Waals surface area contributed by atoms with Crippen molar-refractivity contribution in [3.05, 3.63) is 46.2 Å². The number of aromatic nitrogens is 2. The van der Waals surface area contributed by atoms with Gasteiger partial charge in [-0.25, -0.2) is 9.97 Å². The summed E-state index contributed by atoms with van der Waals surface area (Å²) in [7, 11) is 1.57. The molecule has 2 fully saturated rings. The van der Waals surface area contributed by atoms with Crippen LogP contribution in [0.3, 0.4) is 0 Å². The van der Waals surface area contributed by atoms with Crippen molar-refractivity contribution in [1.29, 1.82) is 0 Å². The Balaban J connectivity index is 1.40. The monoisotopic (exact) mass is 549 g/mol. The molecule has 3 aromatic rings. The quantitative estimate of drug-likeness (QED) is 0.451. The zero-order chi connectivity index (χ0) is 23.8. The fourth-order valence-electron chi connectivity index (χ4n) is 4.13. The lowest BCUT2D eigenvalue weighted by atomic mass is 10.1. The first-order valence-electron chi connectivity index (χ1n) is 10.5. The van der Waals surface area contributed by atoms with Crippen LogP contribution in [-0.4, -0.2) is 60.7 Å². The number of nitrogens with zero attached hydrogens (tertiary/aromatic N) is 2. The molecule has 3 heterocycles. The Labute approximate surface area is 208 Å². The fraction of sp³-hybridized carbons (Fsp3) is 0.348. The third-order valence-corrected chi connectivity index (χ3v) is 6.89. The van der Waals surface area contributed by atoms with Crippen LogP contribution in [0, 0.1) is 0 Å². The van der Waals surface area contributed by atoms with E-state index in [1.807, 2.05) is 18.2 Å². The smallest absolute Gasteiger partial charge is 0.303 e. The lowest BCUT2D eigenvalue weighted by Crippen LogP contribution is -2.36. The van der Waals surface area contributed by atoms with Crippen LogP contribution in [0.1, 0.15) is 6.92 Å². The van der Waals surface area contributed by atoms with Gasteiger partial charge in [0.05, 0.1) is 30.9 Å². The minimum atomic E-state index is -0.442. The van der Waals surface area contributed by atoms with Crippen LogP contribution in [0.15, 0.2) is 41.1 Å². The van der Waals surface area contributed by atoms with Crippen LogP contribution in [0.5, 0.6) is 11.5 Å². The number of halogens is 2. The summed E-state index contributed by atoms with van der Waals surface area (Å²) >= 11 is 9.61. The normalized spacial score (nSPS) is 23.5. The summed E-state index contributed by atoms with van der Waals surface area (Å²) < 4.78 is 29.6. The number of benzene rings is 2. The first-order valence-corrected chi connectivity index (χ1v) is 11.7. The van der Waals surface area contributed by atoms with Crippen molar-refractivity contribution in [2.75, 3.05) is 25.6 Å². The molecule has 11 heteroatoms. The average molecular weight is 551 g/mol. The molecule has 0 radical (unpaired) electrons. The number of hydrogen-bond acceptors (Lipinski definition) is 9. The minimum Gasteiger partial charge on any atom is -0.493 e. The summed E-state index contributed by atoms with van der Waals surface area (Å²) in [6.45, 7) is 1.94. The largest absolute Gasteiger partial charge is 0.493 e. The molecule has 2 aromatic carbocycles. The maximum Gasteiger partial charge on any atom is 0.303 e. The molecule has 5 rings (SSSR count). The number of methoxy groups -OCH3 is 1. The number of carbonyl (C=O) groups excluding carboxylic acids is 1. The van der Waals surface area contributed by atoms with E-state index < -0.39 is 6.10 Å². The van der Waals surface area contributed by atoms with Crippen molar-refractivity contribution in [1.82, 2.24) is 9.97 Å². The second kappa shape index (κ2) is 9.53. The summed E-state index contributed by atoms with van der Waals surface area (Å²) in [4.78, 5) is 20.1. The third-order valence-electron chi connectivity index (χ3n) is 5.66. The molecule has 1 aromatic heterocycles. The highest BCUT2D eigenvalue weighted by Crippen LogP contribution is 2.38. The van der Waals surface area contributed by atoms with Gasteiger partial charge >= 0.3 is 5.97 Å². The molecule has 178 valence electrons. The van der Waals surface area contributed by atoms with Gasteiger partial charge in [-0.15, -0.1) is 0 Å². The van der Waals surface area contributed by atoms with Crippen LogP contribution >= 0.6 is 27.5 Å². The van der Waals surface area contributed by atoms with Gasteiger partial charge in [0, 0.05) is 28.5 Å². The molecular formula is C23H21BrClN3O6. The average Bonchev–Trinajstić information content (AvgIpc) is 3.39.